The smallest absolute Gasteiger partial charge is 0.307 e. The van der Waals surface area contributed by atoms with E-state index in [9.17, 15) is 9.90 Å². The highest BCUT2D eigenvalue weighted by atomic mass is 79.9. The largest absolute Gasteiger partial charge is 0.481 e. The number of aliphatic carboxylic acids is 1. The minimum atomic E-state index is -0.632. The first-order chi connectivity index (χ1) is 7.70. The molecule has 0 aromatic carbocycles. The van der Waals surface area contributed by atoms with E-state index < -0.39 is 5.97 Å². The van der Waals surface area contributed by atoms with E-state index >= 15 is 0 Å². The van der Waals surface area contributed by atoms with Crippen molar-refractivity contribution in [3.8, 4) is 0 Å². The molecule has 1 fully saturated rings. The van der Waals surface area contributed by atoms with Gasteiger partial charge < -0.3 is 5.11 Å². The van der Waals surface area contributed by atoms with Gasteiger partial charge in [0.2, 0.25) is 0 Å². The molecule has 1 aromatic heterocycles. The fourth-order valence-corrected chi connectivity index (χ4v) is 4.36. The third-order valence-electron chi connectivity index (χ3n) is 3.31. The first kappa shape index (κ1) is 12.1. The van der Waals surface area contributed by atoms with Crippen molar-refractivity contribution in [3.05, 3.63) is 20.8 Å². The van der Waals surface area contributed by atoms with Crippen LogP contribution in [0, 0.1) is 5.92 Å². The molecule has 0 radical (unpaired) electrons. The van der Waals surface area contributed by atoms with E-state index in [4.69, 9.17) is 0 Å². The lowest BCUT2D eigenvalue weighted by Crippen LogP contribution is -2.20. The zero-order valence-electron chi connectivity index (χ0n) is 8.99. The SMILES string of the molecule is O=C(O)C1CCCCCC1c1sccc1Br. The molecule has 2 atom stereocenters. The average molecular weight is 303 g/mol. The number of halogens is 1. The van der Waals surface area contributed by atoms with Crippen molar-refractivity contribution in [1.29, 1.82) is 0 Å². The monoisotopic (exact) mass is 302 g/mol. The zero-order valence-corrected chi connectivity index (χ0v) is 11.4. The molecule has 2 unspecified atom stereocenters. The maximum Gasteiger partial charge on any atom is 0.307 e. The molecule has 1 aliphatic carbocycles. The Morgan fingerprint density at radius 3 is 2.75 bits per heavy atom. The van der Waals surface area contributed by atoms with Crippen LogP contribution in [0.15, 0.2) is 15.9 Å². The van der Waals surface area contributed by atoms with Crippen LogP contribution in [-0.2, 0) is 4.79 Å². The molecule has 2 nitrogen and oxygen atoms in total. The van der Waals surface area contributed by atoms with Gasteiger partial charge in [-0.1, -0.05) is 19.3 Å². The van der Waals surface area contributed by atoms with Gasteiger partial charge in [-0.25, -0.2) is 0 Å². The number of carboxylic acids is 1. The van der Waals surface area contributed by atoms with E-state index in [0.29, 0.717) is 0 Å². The van der Waals surface area contributed by atoms with E-state index in [1.807, 2.05) is 11.4 Å². The van der Waals surface area contributed by atoms with E-state index in [0.717, 1.165) is 30.2 Å². The third kappa shape index (κ3) is 2.48. The van der Waals surface area contributed by atoms with Gasteiger partial charge in [-0.15, -0.1) is 11.3 Å². The summed E-state index contributed by atoms with van der Waals surface area (Å²) >= 11 is 5.20. The Bertz CT molecular complexity index is 375. The molecule has 0 saturated heterocycles. The summed E-state index contributed by atoms with van der Waals surface area (Å²) in [7, 11) is 0. The number of hydrogen-bond donors (Lipinski definition) is 1. The normalized spacial score (nSPS) is 26.3. The molecule has 1 saturated carbocycles. The molecule has 0 aliphatic heterocycles. The van der Waals surface area contributed by atoms with Crippen LogP contribution in [0.3, 0.4) is 0 Å². The molecule has 1 aromatic rings. The van der Waals surface area contributed by atoms with Crippen LogP contribution in [0.1, 0.15) is 42.9 Å². The molecule has 1 heterocycles. The van der Waals surface area contributed by atoms with Gasteiger partial charge in [-0.05, 0) is 40.2 Å². The molecule has 1 N–H and O–H groups in total. The molecule has 0 bridgehead atoms. The second-order valence-corrected chi connectivity index (χ2v) is 6.12. The fourth-order valence-electron chi connectivity index (χ4n) is 2.49. The van der Waals surface area contributed by atoms with Gasteiger partial charge in [0.05, 0.1) is 5.92 Å². The van der Waals surface area contributed by atoms with Crippen molar-refractivity contribution < 1.29 is 9.90 Å². The molecule has 88 valence electrons. The quantitative estimate of drug-likeness (QED) is 0.829. The van der Waals surface area contributed by atoms with Crippen LogP contribution < -0.4 is 0 Å². The van der Waals surface area contributed by atoms with Crippen LogP contribution >= 0.6 is 27.3 Å². The number of carbonyl (C=O) groups is 1. The van der Waals surface area contributed by atoms with Crippen LogP contribution in [0.5, 0.6) is 0 Å². The minimum absolute atomic E-state index is 0.197. The first-order valence-corrected chi connectivity index (χ1v) is 7.33. The summed E-state index contributed by atoms with van der Waals surface area (Å²) < 4.78 is 1.08. The zero-order chi connectivity index (χ0) is 11.5. The van der Waals surface area contributed by atoms with Crippen LogP contribution in [0.25, 0.3) is 0 Å². The molecule has 2 rings (SSSR count). The van der Waals surface area contributed by atoms with E-state index in [1.165, 1.54) is 11.3 Å². The van der Waals surface area contributed by atoms with Crippen LogP contribution in [0.2, 0.25) is 0 Å². The molecule has 0 spiro atoms. The maximum absolute atomic E-state index is 11.3. The summed E-state index contributed by atoms with van der Waals surface area (Å²) in [5.74, 6) is -0.626. The van der Waals surface area contributed by atoms with Crippen molar-refractivity contribution in [2.45, 2.75) is 38.0 Å². The summed E-state index contributed by atoms with van der Waals surface area (Å²) in [5, 5.41) is 11.3. The number of hydrogen-bond acceptors (Lipinski definition) is 2. The fraction of sp³-hybridized carbons (Fsp3) is 0.583. The molecule has 1 aliphatic rings. The van der Waals surface area contributed by atoms with Gasteiger partial charge in [-0.2, -0.15) is 0 Å². The highest BCUT2D eigenvalue weighted by Crippen LogP contribution is 2.42. The standard InChI is InChI=1S/C12H15BrO2S/c13-10-6-7-16-11(10)8-4-2-1-3-5-9(8)12(14)15/h6-9H,1-5H2,(H,14,15). The number of carboxylic acid groups (broad SMARTS) is 1. The lowest BCUT2D eigenvalue weighted by Gasteiger charge is -2.20. The van der Waals surface area contributed by atoms with E-state index in [2.05, 4.69) is 15.9 Å². The van der Waals surface area contributed by atoms with Gasteiger partial charge >= 0.3 is 5.97 Å². The minimum Gasteiger partial charge on any atom is -0.481 e. The summed E-state index contributed by atoms with van der Waals surface area (Å²) in [4.78, 5) is 12.5. The van der Waals surface area contributed by atoms with Gasteiger partial charge in [0, 0.05) is 15.3 Å². The number of thiophene rings is 1. The predicted molar refractivity (Wildman–Crippen MR) is 69.0 cm³/mol. The van der Waals surface area contributed by atoms with E-state index in [1.54, 1.807) is 11.3 Å². The summed E-state index contributed by atoms with van der Waals surface area (Å²) in [6.45, 7) is 0. The molecular formula is C12H15BrO2S. The number of rotatable bonds is 2. The maximum atomic E-state index is 11.3. The van der Waals surface area contributed by atoms with Gasteiger partial charge in [0.25, 0.3) is 0 Å². The van der Waals surface area contributed by atoms with Crippen molar-refractivity contribution in [2.75, 3.05) is 0 Å². The lowest BCUT2D eigenvalue weighted by molar-refractivity contribution is -0.142. The topological polar surface area (TPSA) is 37.3 Å². The van der Waals surface area contributed by atoms with Crippen LogP contribution in [0.4, 0.5) is 0 Å². The van der Waals surface area contributed by atoms with Gasteiger partial charge in [0.1, 0.15) is 0 Å². The second-order valence-electron chi connectivity index (χ2n) is 4.32. The molecule has 4 heteroatoms. The van der Waals surface area contributed by atoms with Gasteiger partial charge in [0.15, 0.2) is 0 Å². The van der Waals surface area contributed by atoms with E-state index in [-0.39, 0.29) is 11.8 Å². The Kier molecular flexibility index (Phi) is 4.03. The summed E-state index contributed by atoms with van der Waals surface area (Å²) in [6.07, 6.45) is 5.21. The Hall–Kier alpha value is -0.350. The highest BCUT2D eigenvalue weighted by Gasteiger charge is 2.32. The summed E-state index contributed by atoms with van der Waals surface area (Å²) in [6, 6.07) is 2.02. The van der Waals surface area contributed by atoms with Gasteiger partial charge in [-0.3, -0.25) is 4.79 Å². The Balaban J connectivity index is 2.27. The van der Waals surface area contributed by atoms with Crippen molar-refractivity contribution >= 4 is 33.2 Å². The molecular weight excluding hydrogens is 288 g/mol. The third-order valence-corrected chi connectivity index (χ3v) is 5.32. The lowest BCUT2D eigenvalue weighted by atomic mass is 9.87. The Morgan fingerprint density at radius 1 is 1.38 bits per heavy atom. The predicted octanol–water partition coefficient (Wildman–Crippen LogP) is 4.26. The summed E-state index contributed by atoms with van der Waals surface area (Å²) in [5.41, 5.74) is 0. The molecule has 16 heavy (non-hydrogen) atoms. The molecule has 0 amide bonds. The highest BCUT2D eigenvalue weighted by molar-refractivity contribution is 9.10. The second kappa shape index (κ2) is 5.32. The average Bonchev–Trinajstić information content (AvgIpc) is 2.54. The van der Waals surface area contributed by atoms with Crippen LogP contribution in [-0.4, -0.2) is 11.1 Å². The van der Waals surface area contributed by atoms with Crippen molar-refractivity contribution in [3.63, 3.8) is 0 Å². The first-order valence-electron chi connectivity index (χ1n) is 5.66. The Labute approximate surface area is 108 Å². The van der Waals surface area contributed by atoms with Crippen molar-refractivity contribution in [1.82, 2.24) is 0 Å². The Morgan fingerprint density at radius 2 is 2.12 bits per heavy atom. The van der Waals surface area contributed by atoms with Crippen molar-refractivity contribution in [2.24, 2.45) is 5.92 Å².